The molecule has 0 heterocycles. The normalized spacial score (nSPS) is 11.9. The maximum absolute atomic E-state index is 13.1. The maximum Gasteiger partial charge on any atom is 0.256 e. The predicted octanol–water partition coefficient (Wildman–Crippen LogP) is 0.433. The van der Waals surface area contributed by atoms with Crippen molar-refractivity contribution >= 4 is 9.76 Å². The first-order valence-corrected chi connectivity index (χ1v) is 6.19. The van der Waals surface area contributed by atoms with Crippen LogP contribution in [0.5, 0.6) is 0 Å². The van der Waals surface area contributed by atoms with Gasteiger partial charge in [0.2, 0.25) is 0 Å². The molecule has 2 N–H and O–H groups in total. The molecule has 0 bridgehead atoms. The molecular weight excluding hydrogens is 241 g/mol. The Hall–Kier alpha value is -0.893. The fraction of sp³-hybridized carbons (Fsp3) is 0.333. The zero-order valence-electron chi connectivity index (χ0n) is 8.29. The Bertz CT molecular complexity index is 360. The van der Waals surface area contributed by atoms with Crippen LogP contribution in [0.3, 0.4) is 0 Å². The van der Waals surface area contributed by atoms with Gasteiger partial charge in [-0.2, -0.15) is 0 Å². The van der Waals surface area contributed by atoms with Gasteiger partial charge in [-0.3, -0.25) is 0 Å². The smallest absolute Gasteiger partial charge is 0.256 e. The molecular formula is C9H11F3O3Si. The van der Waals surface area contributed by atoms with Crippen LogP contribution in [0.2, 0.25) is 6.04 Å². The number of rotatable bonds is 5. The summed E-state index contributed by atoms with van der Waals surface area (Å²) in [6.07, 6.45) is 0.183. The van der Waals surface area contributed by atoms with Crippen LogP contribution in [0.1, 0.15) is 5.56 Å². The van der Waals surface area contributed by atoms with Gasteiger partial charge in [0.25, 0.3) is 6.48 Å². The lowest BCUT2D eigenvalue weighted by molar-refractivity contribution is -0.180. The van der Waals surface area contributed by atoms with Gasteiger partial charge in [0.05, 0.1) is 0 Å². The first kappa shape index (κ1) is 13.2. The molecule has 16 heavy (non-hydrogen) atoms. The number of benzene rings is 1. The lowest BCUT2D eigenvalue weighted by Crippen LogP contribution is -2.13. The molecule has 0 unspecified atom stereocenters. The predicted molar refractivity (Wildman–Crippen MR) is 52.7 cm³/mol. The molecule has 0 saturated heterocycles. The third kappa shape index (κ3) is 3.93. The largest absolute Gasteiger partial charge is 0.379 e. The lowest BCUT2D eigenvalue weighted by atomic mass is 10.1. The van der Waals surface area contributed by atoms with Gasteiger partial charge in [-0.25, -0.2) is 13.2 Å². The maximum atomic E-state index is 13.1. The molecule has 1 aromatic rings. The Morgan fingerprint density at radius 3 is 2.38 bits per heavy atom. The minimum absolute atomic E-state index is 0.0578. The average Bonchev–Trinajstić information content (AvgIpc) is 2.19. The number of hydrogen-bond acceptors (Lipinski definition) is 3. The van der Waals surface area contributed by atoms with Gasteiger partial charge in [-0.1, -0.05) is 0 Å². The van der Waals surface area contributed by atoms with Crippen molar-refractivity contribution in [2.24, 2.45) is 0 Å². The minimum atomic E-state index is -1.82. The highest BCUT2D eigenvalue weighted by atomic mass is 28.2. The van der Waals surface area contributed by atoms with E-state index < -0.39 is 33.7 Å². The second-order valence-corrected chi connectivity index (χ2v) is 4.61. The van der Waals surface area contributed by atoms with E-state index in [4.69, 9.17) is 10.2 Å². The quantitative estimate of drug-likeness (QED) is 0.346. The van der Waals surface area contributed by atoms with Gasteiger partial charge in [0, 0.05) is 6.07 Å². The zero-order valence-corrected chi connectivity index (χ0v) is 9.70. The van der Waals surface area contributed by atoms with Gasteiger partial charge in [0.15, 0.2) is 21.4 Å². The number of halogens is 3. The van der Waals surface area contributed by atoms with Crippen molar-refractivity contribution in [2.75, 3.05) is 0 Å². The van der Waals surface area contributed by atoms with Crippen molar-refractivity contribution < 1.29 is 27.8 Å². The topological polar surface area (TPSA) is 49.7 Å². The summed E-state index contributed by atoms with van der Waals surface area (Å²) in [5.41, 5.74) is 0.0578. The fourth-order valence-electron chi connectivity index (χ4n) is 1.21. The third-order valence-corrected chi connectivity index (χ3v) is 3.12. The summed E-state index contributed by atoms with van der Waals surface area (Å²) in [6.45, 7) is -1.82. The summed E-state index contributed by atoms with van der Waals surface area (Å²) >= 11 is 0. The van der Waals surface area contributed by atoms with Gasteiger partial charge in [-0.15, -0.1) is 0 Å². The van der Waals surface area contributed by atoms with Crippen LogP contribution in [0.4, 0.5) is 13.2 Å². The highest BCUT2D eigenvalue weighted by molar-refractivity contribution is 6.27. The Balaban J connectivity index is 2.51. The SMILES string of the molecule is OC(O)O[SiH2]CCc1cc(F)c(F)cc1F. The number of aliphatic hydroxyl groups is 2. The molecule has 0 fully saturated rings. The van der Waals surface area contributed by atoms with Crippen molar-refractivity contribution in [3.8, 4) is 0 Å². The lowest BCUT2D eigenvalue weighted by Gasteiger charge is -2.06. The van der Waals surface area contributed by atoms with Gasteiger partial charge in [0.1, 0.15) is 5.82 Å². The highest BCUT2D eigenvalue weighted by Gasteiger charge is 2.09. The molecule has 0 atom stereocenters. The van der Waals surface area contributed by atoms with Crippen LogP contribution in [-0.4, -0.2) is 26.5 Å². The molecule has 3 nitrogen and oxygen atoms in total. The van der Waals surface area contributed by atoms with Crippen LogP contribution in [0.15, 0.2) is 12.1 Å². The van der Waals surface area contributed by atoms with E-state index in [9.17, 15) is 13.2 Å². The summed E-state index contributed by atoms with van der Waals surface area (Å²) < 4.78 is 42.9. The summed E-state index contributed by atoms with van der Waals surface area (Å²) in [7, 11) is -1.20. The van der Waals surface area contributed by atoms with Crippen molar-refractivity contribution in [1.82, 2.24) is 0 Å². The summed E-state index contributed by atoms with van der Waals surface area (Å²) in [4.78, 5) is 0. The second-order valence-electron chi connectivity index (χ2n) is 3.16. The zero-order chi connectivity index (χ0) is 12.1. The van der Waals surface area contributed by atoms with E-state index >= 15 is 0 Å². The standard InChI is InChI=1S/C9H11F3O3Si/c10-6-4-8(12)7(11)3-5(6)1-2-16-15-9(13)14/h3-4,9,13-14H,1-2,16H2. The van der Waals surface area contributed by atoms with E-state index in [1.807, 2.05) is 0 Å². The molecule has 0 radical (unpaired) electrons. The minimum Gasteiger partial charge on any atom is -0.379 e. The highest BCUT2D eigenvalue weighted by Crippen LogP contribution is 2.15. The Kier molecular flexibility index (Phi) is 4.94. The molecule has 90 valence electrons. The summed E-state index contributed by atoms with van der Waals surface area (Å²) in [5.74, 6) is -3.13. The van der Waals surface area contributed by atoms with E-state index in [0.717, 1.165) is 6.07 Å². The second kappa shape index (κ2) is 5.99. The van der Waals surface area contributed by atoms with E-state index in [2.05, 4.69) is 4.43 Å². The average molecular weight is 252 g/mol. The van der Waals surface area contributed by atoms with E-state index in [1.165, 1.54) is 0 Å². The fourth-order valence-corrected chi connectivity index (χ4v) is 2.11. The first-order chi connectivity index (χ1) is 7.50. The van der Waals surface area contributed by atoms with Crippen molar-refractivity contribution in [3.63, 3.8) is 0 Å². The Labute approximate surface area is 92.4 Å². The van der Waals surface area contributed by atoms with Crippen LogP contribution in [0.25, 0.3) is 0 Å². The Morgan fingerprint density at radius 2 is 1.75 bits per heavy atom. The monoisotopic (exact) mass is 252 g/mol. The molecule has 0 amide bonds. The van der Waals surface area contributed by atoms with E-state index in [0.29, 0.717) is 12.1 Å². The van der Waals surface area contributed by atoms with Crippen LogP contribution < -0.4 is 0 Å². The van der Waals surface area contributed by atoms with E-state index in [1.54, 1.807) is 0 Å². The molecule has 0 aliphatic rings. The molecule has 7 heteroatoms. The van der Waals surface area contributed by atoms with Crippen molar-refractivity contribution in [3.05, 3.63) is 35.1 Å². The summed E-state index contributed by atoms with van der Waals surface area (Å²) in [5, 5.41) is 16.7. The van der Waals surface area contributed by atoms with Gasteiger partial charge >= 0.3 is 0 Å². The Morgan fingerprint density at radius 1 is 1.12 bits per heavy atom. The molecule has 0 spiro atoms. The number of hydrogen-bond donors (Lipinski definition) is 2. The van der Waals surface area contributed by atoms with Crippen molar-refractivity contribution in [2.45, 2.75) is 18.9 Å². The van der Waals surface area contributed by atoms with Gasteiger partial charge in [-0.05, 0) is 24.1 Å². The summed E-state index contributed by atoms with van der Waals surface area (Å²) in [6, 6.07) is 1.70. The molecule has 1 aromatic carbocycles. The van der Waals surface area contributed by atoms with E-state index in [-0.39, 0.29) is 12.0 Å². The van der Waals surface area contributed by atoms with Crippen molar-refractivity contribution in [1.29, 1.82) is 0 Å². The van der Waals surface area contributed by atoms with Gasteiger partial charge < -0.3 is 14.6 Å². The van der Waals surface area contributed by atoms with Crippen LogP contribution >= 0.6 is 0 Å². The van der Waals surface area contributed by atoms with Crippen LogP contribution in [0, 0.1) is 17.5 Å². The molecule has 1 rings (SSSR count). The molecule has 0 aromatic heterocycles. The third-order valence-electron chi connectivity index (χ3n) is 1.95. The first-order valence-electron chi connectivity index (χ1n) is 4.62. The number of aryl methyl sites for hydroxylation is 1. The molecule has 0 aliphatic heterocycles. The molecule has 0 saturated carbocycles. The number of aliphatic hydroxyl groups excluding tert-OH is 1. The molecule has 0 aliphatic carbocycles. The van der Waals surface area contributed by atoms with Crippen LogP contribution in [-0.2, 0) is 10.8 Å².